The van der Waals surface area contributed by atoms with E-state index in [1.165, 1.54) is 0 Å². The van der Waals surface area contributed by atoms with Gasteiger partial charge in [0.15, 0.2) is 0 Å². The maximum Gasteiger partial charge on any atom is 0.107 e. The van der Waals surface area contributed by atoms with Crippen molar-refractivity contribution in [3.63, 3.8) is 0 Å². The van der Waals surface area contributed by atoms with Crippen molar-refractivity contribution in [1.29, 1.82) is 0 Å². The Labute approximate surface area is 32.4 Å². The molecule has 2 nitrogen and oxygen atoms in total. The van der Waals surface area contributed by atoms with Gasteiger partial charge in [0.2, 0.25) is 0 Å². The van der Waals surface area contributed by atoms with Crippen molar-refractivity contribution in [2.75, 3.05) is 13.4 Å². The van der Waals surface area contributed by atoms with E-state index in [2.05, 4.69) is 5.09 Å². The second kappa shape index (κ2) is 1.21. The second-order valence-corrected chi connectivity index (χ2v) is 2.50. The fraction of sp³-hybridized carbons (Fsp3) is 1.00. The standard InChI is InChI=1S/C2H6NOP/c1-5-3-2-4-5/h3H,2H2,1H3. The quantitative estimate of drug-likeness (QED) is 0.438. The van der Waals surface area contributed by atoms with Gasteiger partial charge >= 0.3 is 0 Å². The van der Waals surface area contributed by atoms with Gasteiger partial charge in [0.05, 0.1) is 0 Å². The van der Waals surface area contributed by atoms with Crippen molar-refractivity contribution < 1.29 is 4.52 Å². The van der Waals surface area contributed by atoms with Crippen LogP contribution in [0.15, 0.2) is 0 Å². The molecule has 1 rings (SSSR count). The van der Waals surface area contributed by atoms with E-state index in [1.54, 1.807) is 0 Å². The molecule has 0 spiro atoms. The normalized spacial score (nSPS) is 36.6. The Hall–Kier alpha value is 0.350. The van der Waals surface area contributed by atoms with E-state index < -0.39 is 0 Å². The van der Waals surface area contributed by atoms with Crippen LogP contribution in [0.25, 0.3) is 0 Å². The number of hydrogen-bond acceptors (Lipinski definition) is 2. The summed E-state index contributed by atoms with van der Waals surface area (Å²) in [5.74, 6) is 0. The van der Waals surface area contributed by atoms with Crippen molar-refractivity contribution in [1.82, 2.24) is 5.09 Å². The van der Waals surface area contributed by atoms with Crippen molar-refractivity contribution in [3.8, 4) is 0 Å². The van der Waals surface area contributed by atoms with E-state index in [-0.39, 0.29) is 8.30 Å². The summed E-state index contributed by atoms with van der Waals surface area (Å²) < 4.78 is 4.88. The molecule has 0 aromatic rings. The lowest BCUT2D eigenvalue weighted by Crippen LogP contribution is -2.21. The summed E-state index contributed by atoms with van der Waals surface area (Å²) in [6, 6.07) is 0. The zero-order valence-electron chi connectivity index (χ0n) is 3.06. The molecule has 0 aromatic heterocycles. The third-order valence-corrected chi connectivity index (χ3v) is 1.64. The van der Waals surface area contributed by atoms with E-state index >= 15 is 0 Å². The largest absolute Gasteiger partial charge is 0.329 e. The molecular formula is C2H6NOP. The molecule has 5 heavy (non-hydrogen) atoms. The lowest BCUT2D eigenvalue weighted by Gasteiger charge is -2.22. The van der Waals surface area contributed by atoms with Gasteiger partial charge in [0.25, 0.3) is 0 Å². The van der Waals surface area contributed by atoms with Crippen LogP contribution in [-0.2, 0) is 4.52 Å². The zero-order valence-corrected chi connectivity index (χ0v) is 3.96. The van der Waals surface area contributed by atoms with Crippen molar-refractivity contribution in [3.05, 3.63) is 0 Å². The van der Waals surface area contributed by atoms with Gasteiger partial charge in [-0.15, -0.1) is 0 Å². The van der Waals surface area contributed by atoms with Crippen LogP contribution in [0.2, 0.25) is 0 Å². The molecule has 0 radical (unpaired) electrons. The molecular weight excluding hydrogens is 85.0 g/mol. The Morgan fingerprint density at radius 2 is 2.40 bits per heavy atom. The van der Waals surface area contributed by atoms with Crippen LogP contribution in [0.5, 0.6) is 0 Å². The summed E-state index contributed by atoms with van der Waals surface area (Å²) in [5, 5.41) is 3.05. The molecule has 0 saturated carbocycles. The highest BCUT2D eigenvalue weighted by Crippen LogP contribution is 2.32. The van der Waals surface area contributed by atoms with Gasteiger partial charge in [-0.05, 0) is 6.66 Å². The van der Waals surface area contributed by atoms with Crippen molar-refractivity contribution in [2.24, 2.45) is 0 Å². The molecule has 1 saturated heterocycles. The van der Waals surface area contributed by atoms with Crippen molar-refractivity contribution in [2.45, 2.75) is 0 Å². The predicted octanol–water partition coefficient (Wildman–Crippen LogP) is 0.505. The Balaban J connectivity index is 2.08. The molecule has 3 heteroatoms. The topological polar surface area (TPSA) is 21.3 Å². The Morgan fingerprint density at radius 1 is 2.00 bits per heavy atom. The summed E-state index contributed by atoms with van der Waals surface area (Å²) in [5.41, 5.74) is 0. The van der Waals surface area contributed by atoms with Gasteiger partial charge < -0.3 is 4.52 Å². The average molecular weight is 91.0 g/mol. The first-order valence-corrected chi connectivity index (χ1v) is 3.20. The highest BCUT2D eigenvalue weighted by Gasteiger charge is 2.07. The SMILES string of the molecule is CP1NCO1. The second-order valence-electron chi connectivity index (χ2n) is 0.929. The minimum Gasteiger partial charge on any atom is -0.329 e. The lowest BCUT2D eigenvalue weighted by atomic mass is 11.4. The van der Waals surface area contributed by atoms with E-state index in [0.717, 1.165) is 6.73 Å². The molecule has 1 N–H and O–H groups in total. The Morgan fingerprint density at radius 3 is 2.40 bits per heavy atom. The average Bonchev–Trinajstić information content (AvgIpc) is 1.30. The zero-order chi connectivity index (χ0) is 3.70. The number of hydrogen-bond donors (Lipinski definition) is 1. The first-order valence-electron chi connectivity index (χ1n) is 1.50. The molecule has 0 amide bonds. The van der Waals surface area contributed by atoms with Gasteiger partial charge in [-0.3, -0.25) is 5.09 Å². The van der Waals surface area contributed by atoms with Crippen LogP contribution < -0.4 is 5.09 Å². The van der Waals surface area contributed by atoms with Crippen LogP contribution in [-0.4, -0.2) is 13.4 Å². The smallest absolute Gasteiger partial charge is 0.107 e. The van der Waals surface area contributed by atoms with E-state index in [4.69, 9.17) is 4.52 Å². The summed E-state index contributed by atoms with van der Waals surface area (Å²) in [4.78, 5) is 0. The summed E-state index contributed by atoms with van der Waals surface area (Å²) in [6.07, 6.45) is 0. The summed E-state index contributed by atoms with van der Waals surface area (Å²) >= 11 is 0. The first kappa shape index (κ1) is 3.54. The van der Waals surface area contributed by atoms with Gasteiger partial charge in [-0.1, -0.05) is 0 Å². The first-order chi connectivity index (χ1) is 2.39. The highest BCUT2D eigenvalue weighted by atomic mass is 31.2. The predicted molar refractivity (Wildman–Crippen MR) is 21.9 cm³/mol. The minimum atomic E-state index is -0.168. The maximum atomic E-state index is 4.88. The number of nitrogens with one attached hydrogen (secondary N) is 1. The van der Waals surface area contributed by atoms with E-state index in [0.29, 0.717) is 0 Å². The van der Waals surface area contributed by atoms with Crippen LogP contribution in [0.4, 0.5) is 0 Å². The molecule has 1 unspecified atom stereocenters. The van der Waals surface area contributed by atoms with Crippen LogP contribution >= 0.6 is 8.30 Å². The van der Waals surface area contributed by atoms with Gasteiger partial charge in [0.1, 0.15) is 15.0 Å². The summed E-state index contributed by atoms with van der Waals surface area (Å²) in [7, 11) is -0.168. The van der Waals surface area contributed by atoms with E-state index in [1.807, 2.05) is 6.66 Å². The van der Waals surface area contributed by atoms with Crippen molar-refractivity contribution >= 4 is 8.30 Å². The molecule has 0 bridgehead atoms. The lowest BCUT2D eigenvalue weighted by molar-refractivity contribution is 0.281. The van der Waals surface area contributed by atoms with Crippen LogP contribution in [0, 0.1) is 0 Å². The van der Waals surface area contributed by atoms with Crippen LogP contribution in [0.1, 0.15) is 0 Å². The van der Waals surface area contributed by atoms with Gasteiger partial charge in [0, 0.05) is 0 Å². The molecule has 30 valence electrons. The molecule has 1 aliphatic rings. The minimum absolute atomic E-state index is 0.168. The third kappa shape index (κ3) is 0.596. The van der Waals surface area contributed by atoms with Gasteiger partial charge in [-0.2, -0.15) is 0 Å². The molecule has 1 fully saturated rings. The Bertz CT molecular complexity index is 36.6. The van der Waals surface area contributed by atoms with Gasteiger partial charge in [-0.25, -0.2) is 0 Å². The molecule has 1 heterocycles. The third-order valence-electron chi connectivity index (χ3n) is 0.545. The fourth-order valence-corrected chi connectivity index (χ4v) is 0.581. The molecule has 0 aliphatic carbocycles. The highest BCUT2D eigenvalue weighted by molar-refractivity contribution is 7.50. The molecule has 1 aliphatic heterocycles. The monoisotopic (exact) mass is 91.0 g/mol. The van der Waals surface area contributed by atoms with Crippen LogP contribution in [0.3, 0.4) is 0 Å². The number of rotatable bonds is 0. The Kier molecular flexibility index (Phi) is 0.856. The summed E-state index contributed by atoms with van der Waals surface area (Å²) in [6.45, 7) is 2.81. The molecule has 0 aromatic carbocycles. The molecule has 1 atom stereocenters. The van der Waals surface area contributed by atoms with E-state index in [9.17, 15) is 0 Å². The fourth-order valence-electron chi connectivity index (χ4n) is 0.194. The maximum absolute atomic E-state index is 4.88.